The number of aromatic nitrogens is 2. The number of nitrogens with zero attached hydrogens (tertiary/aromatic N) is 3. The molecule has 1 fully saturated rings. The first kappa shape index (κ1) is 17.5. The lowest BCUT2D eigenvalue weighted by Crippen LogP contribution is -2.57. The van der Waals surface area contributed by atoms with Gasteiger partial charge in [0.25, 0.3) is 11.8 Å². The van der Waals surface area contributed by atoms with Crippen LogP contribution in [0.3, 0.4) is 0 Å². The van der Waals surface area contributed by atoms with Crippen LogP contribution in [-0.2, 0) is 9.59 Å². The Morgan fingerprint density at radius 2 is 1.57 bits per heavy atom. The average molecular weight is 368 g/mol. The van der Waals surface area contributed by atoms with E-state index in [9.17, 15) is 15.0 Å². The molecule has 0 aliphatic carbocycles. The molecule has 6 nitrogen and oxygen atoms in total. The van der Waals surface area contributed by atoms with Gasteiger partial charge in [-0.15, -0.1) is 0 Å². The molecule has 6 heteroatoms. The summed E-state index contributed by atoms with van der Waals surface area (Å²) in [7, 11) is 0. The summed E-state index contributed by atoms with van der Waals surface area (Å²) in [6.07, 6.45) is 7.02. The van der Waals surface area contributed by atoms with Gasteiger partial charge in [0.05, 0.1) is 11.5 Å². The molecule has 1 aliphatic rings. The number of nitrogens with one attached hydrogen (secondary N) is 1. The molecule has 0 spiro atoms. The Balaban J connectivity index is 1.78. The third-order valence-corrected chi connectivity index (χ3v) is 4.84. The molecule has 3 heterocycles. The topological polar surface area (TPSA) is 85.2 Å². The second kappa shape index (κ2) is 7.39. The standard InChI is InChI=1S/C22H16N4O2/c23-14-18-19(17-4-2-1-3-5-17)20(22(28)25-21(18)27)26-12-8-16(9-13-26)15-6-10-24-11-7-15/h1-13,19-20H,(H,25,27,28). The van der Waals surface area contributed by atoms with E-state index in [4.69, 9.17) is 0 Å². The number of rotatable bonds is 3. The number of hydrogen-bond donors (Lipinski definition) is 1. The number of pyridine rings is 2. The third kappa shape index (κ3) is 3.13. The number of carbonyl (C=O) groups excluding carboxylic acids is 2. The summed E-state index contributed by atoms with van der Waals surface area (Å²) in [5.41, 5.74) is 2.76. The third-order valence-electron chi connectivity index (χ3n) is 4.84. The largest absolute Gasteiger partial charge is 0.763 e. The monoisotopic (exact) mass is 368 g/mol. The average Bonchev–Trinajstić information content (AvgIpc) is 2.75. The van der Waals surface area contributed by atoms with Gasteiger partial charge in [0, 0.05) is 24.5 Å². The quantitative estimate of drug-likeness (QED) is 0.333. The Hall–Kier alpha value is -3.89. The SMILES string of the molecule is [N-]=C=C1C(=O)NC(=O)C([n+]2ccc(-c3ccncc3)cc2)C1c1ccccc1. The van der Waals surface area contributed by atoms with E-state index in [0.29, 0.717) is 0 Å². The second-order valence-electron chi connectivity index (χ2n) is 6.45. The summed E-state index contributed by atoms with van der Waals surface area (Å²) >= 11 is 0. The van der Waals surface area contributed by atoms with Gasteiger partial charge < -0.3 is 5.41 Å². The van der Waals surface area contributed by atoms with Gasteiger partial charge in [-0.3, -0.25) is 25.8 Å². The maximum atomic E-state index is 12.7. The zero-order valence-electron chi connectivity index (χ0n) is 14.8. The Kier molecular flexibility index (Phi) is 4.62. The molecule has 2 unspecified atom stereocenters. The molecule has 1 aromatic carbocycles. The number of piperidine rings is 1. The predicted octanol–water partition coefficient (Wildman–Crippen LogP) is 2.18. The lowest BCUT2D eigenvalue weighted by atomic mass is 9.81. The molecule has 0 saturated carbocycles. The molecule has 2 atom stereocenters. The van der Waals surface area contributed by atoms with Crippen molar-refractivity contribution in [2.24, 2.45) is 0 Å². The maximum absolute atomic E-state index is 12.7. The minimum Gasteiger partial charge on any atom is -0.763 e. The van der Waals surface area contributed by atoms with Gasteiger partial charge >= 0.3 is 0 Å². The van der Waals surface area contributed by atoms with Gasteiger partial charge in [0.15, 0.2) is 12.4 Å². The smallest absolute Gasteiger partial charge is 0.296 e. The van der Waals surface area contributed by atoms with Crippen molar-refractivity contribution in [3.05, 3.63) is 95.9 Å². The highest BCUT2D eigenvalue weighted by atomic mass is 16.2. The summed E-state index contributed by atoms with van der Waals surface area (Å²) in [6.45, 7) is 0. The molecule has 1 saturated heterocycles. The molecular weight excluding hydrogens is 352 g/mol. The number of amides is 2. The molecule has 0 bridgehead atoms. The van der Waals surface area contributed by atoms with Gasteiger partial charge in [-0.05, 0) is 28.8 Å². The van der Waals surface area contributed by atoms with Crippen LogP contribution in [0.2, 0.25) is 0 Å². The van der Waals surface area contributed by atoms with E-state index in [0.717, 1.165) is 16.7 Å². The van der Waals surface area contributed by atoms with Crippen molar-refractivity contribution < 1.29 is 14.2 Å². The molecule has 1 N–H and O–H groups in total. The van der Waals surface area contributed by atoms with E-state index in [-0.39, 0.29) is 5.57 Å². The first-order chi connectivity index (χ1) is 13.7. The highest BCUT2D eigenvalue weighted by Crippen LogP contribution is 2.34. The van der Waals surface area contributed by atoms with Crippen LogP contribution in [0.25, 0.3) is 16.5 Å². The summed E-state index contributed by atoms with van der Waals surface area (Å²) in [5, 5.41) is 11.9. The Morgan fingerprint density at radius 3 is 2.21 bits per heavy atom. The Morgan fingerprint density at radius 1 is 0.929 bits per heavy atom. The van der Waals surface area contributed by atoms with Gasteiger partial charge in [0.2, 0.25) is 6.04 Å². The van der Waals surface area contributed by atoms with Crippen molar-refractivity contribution in [3.63, 3.8) is 0 Å². The molecule has 28 heavy (non-hydrogen) atoms. The van der Waals surface area contributed by atoms with E-state index in [1.807, 2.05) is 60.5 Å². The summed E-state index contributed by atoms with van der Waals surface area (Å²) in [4.78, 5) is 29.0. The first-order valence-corrected chi connectivity index (χ1v) is 8.77. The number of imide groups is 1. The van der Waals surface area contributed by atoms with E-state index >= 15 is 0 Å². The van der Waals surface area contributed by atoms with Crippen LogP contribution in [0.4, 0.5) is 0 Å². The van der Waals surface area contributed by atoms with Crippen molar-refractivity contribution in [2.75, 3.05) is 0 Å². The lowest BCUT2D eigenvalue weighted by Gasteiger charge is -2.28. The fourth-order valence-electron chi connectivity index (χ4n) is 3.50. The minimum absolute atomic E-state index is 0.0292. The van der Waals surface area contributed by atoms with Crippen molar-refractivity contribution in [2.45, 2.75) is 12.0 Å². The second-order valence-corrected chi connectivity index (χ2v) is 6.45. The summed E-state index contributed by atoms with van der Waals surface area (Å²) in [6, 6.07) is 16.0. The maximum Gasteiger partial charge on any atom is 0.296 e. The van der Waals surface area contributed by atoms with Crippen LogP contribution in [0.1, 0.15) is 17.5 Å². The first-order valence-electron chi connectivity index (χ1n) is 8.77. The fraction of sp³-hybridized carbons (Fsp3) is 0.0909. The zero-order chi connectivity index (χ0) is 19.5. The van der Waals surface area contributed by atoms with Gasteiger partial charge in [-0.25, -0.2) is 0 Å². The molecule has 3 aromatic rings. The highest BCUT2D eigenvalue weighted by Gasteiger charge is 2.46. The summed E-state index contributed by atoms with van der Waals surface area (Å²) in [5.74, 6) is 0.279. The Bertz CT molecular complexity index is 1070. The highest BCUT2D eigenvalue weighted by molar-refractivity contribution is 6.14. The number of hydrogen-bond acceptors (Lipinski definition) is 3. The van der Waals surface area contributed by atoms with E-state index in [2.05, 4.69) is 10.3 Å². The predicted molar refractivity (Wildman–Crippen MR) is 103 cm³/mol. The minimum atomic E-state index is -0.735. The number of benzene rings is 1. The van der Waals surface area contributed by atoms with Crippen LogP contribution in [0.5, 0.6) is 0 Å². The molecule has 4 rings (SSSR count). The molecule has 2 amide bonds. The van der Waals surface area contributed by atoms with Gasteiger partial charge in [-0.2, -0.15) is 4.57 Å². The number of carbonyl (C=O) groups is 2. The zero-order valence-corrected chi connectivity index (χ0v) is 14.8. The van der Waals surface area contributed by atoms with E-state index < -0.39 is 23.8 Å². The molecule has 136 valence electrons. The van der Waals surface area contributed by atoms with Crippen molar-refractivity contribution in [1.29, 1.82) is 0 Å². The molecular formula is C22H16N4O2. The Labute approximate surface area is 161 Å². The van der Waals surface area contributed by atoms with E-state index in [1.54, 1.807) is 29.4 Å². The van der Waals surface area contributed by atoms with Crippen LogP contribution in [-0.4, -0.2) is 22.7 Å². The molecule has 0 radical (unpaired) electrons. The van der Waals surface area contributed by atoms with Gasteiger partial charge in [0.1, 0.15) is 0 Å². The van der Waals surface area contributed by atoms with Crippen LogP contribution in [0, 0.1) is 0 Å². The summed E-state index contributed by atoms with van der Waals surface area (Å²) < 4.78 is 1.74. The van der Waals surface area contributed by atoms with Crippen LogP contribution in [0.15, 0.2) is 85.0 Å². The van der Waals surface area contributed by atoms with E-state index in [1.165, 1.54) is 0 Å². The molecule has 2 aromatic heterocycles. The lowest BCUT2D eigenvalue weighted by molar-refractivity contribution is -0.711. The normalized spacial score (nSPS) is 19.1. The molecule has 1 aliphatic heterocycles. The fourth-order valence-corrected chi connectivity index (χ4v) is 3.50. The van der Waals surface area contributed by atoms with Gasteiger partial charge in [-0.1, -0.05) is 30.3 Å². The van der Waals surface area contributed by atoms with Crippen molar-refractivity contribution in [3.8, 4) is 11.1 Å². The van der Waals surface area contributed by atoms with Crippen LogP contribution < -0.4 is 9.88 Å². The van der Waals surface area contributed by atoms with Crippen LogP contribution >= 0.6 is 0 Å². The van der Waals surface area contributed by atoms with Crippen molar-refractivity contribution >= 4 is 17.7 Å². The van der Waals surface area contributed by atoms with Crippen molar-refractivity contribution in [1.82, 2.24) is 10.3 Å².